The van der Waals surface area contributed by atoms with E-state index in [1.54, 1.807) is 0 Å². The molecule has 0 radical (unpaired) electrons. The number of carbonyl (C=O) groups excluding carboxylic acids is 1. The van der Waals surface area contributed by atoms with E-state index >= 15 is 0 Å². The molecule has 1 unspecified atom stereocenters. The second-order valence-electron chi connectivity index (χ2n) is 5.47. The molecule has 19 heavy (non-hydrogen) atoms. The fourth-order valence-electron chi connectivity index (χ4n) is 2.32. The Balaban J connectivity index is 4.20. The highest BCUT2D eigenvalue weighted by Gasteiger charge is 2.19. The minimum atomic E-state index is -0.161. The van der Waals surface area contributed by atoms with Gasteiger partial charge in [0.15, 0.2) is 0 Å². The molecule has 0 aromatic carbocycles. The van der Waals surface area contributed by atoms with E-state index in [0.717, 1.165) is 25.9 Å². The van der Waals surface area contributed by atoms with E-state index in [0.29, 0.717) is 18.7 Å². The molecule has 0 saturated heterocycles. The van der Waals surface area contributed by atoms with Crippen molar-refractivity contribution in [1.29, 1.82) is 0 Å². The number of hydrogen-bond acceptors (Lipinski definition) is 4. The third kappa shape index (κ3) is 7.53. The van der Waals surface area contributed by atoms with Crippen molar-refractivity contribution in [3.63, 3.8) is 0 Å². The van der Waals surface area contributed by atoms with Gasteiger partial charge in [0.2, 0.25) is 0 Å². The number of ether oxygens (including phenoxy) is 1. The Kier molecular flexibility index (Phi) is 9.88. The predicted octanol–water partition coefficient (Wildman–Crippen LogP) is 2.43. The molecule has 0 heterocycles. The van der Waals surface area contributed by atoms with Crippen LogP contribution in [0.25, 0.3) is 0 Å². The van der Waals surface area contributed by atoms with Crippen molar-refractivity contribution in [3.05, 3.63) is 0 Å². The first kappa shape index (κ1) is 18.4. The number of rotatable bonds is 10. The van der Waals surface area contributed by atoms with Crippen LogP contribution in [0.4, 0.5) is 0 Å². The van der Waals surface area contributed by atoms with Gasteiger partial charge in [0.25, 0.3) is 0 Å². The van der Waals surface area contributed by atoms with Crippen LogP contribution in [0.1, 0.15) is 54.4 Å². The summed E-state index contributed by atoms with van der Waals surface area (Å²) in [6, 6.07) is 0.883. The minimum Gasteiger partial charge on any atom is -0.465 e. The zero-order valence-corrected chi connectivity index (χ0v) is 13.5. The first-order valence-electron chi connectivity index (χ1n) is 7.59. The third-order valence-electron chi connectivity index (χ3n) is 3.24. The molecule has 4 heteroatoms. The molecule has 1 atom stereocenters. The topological polar surface area (TPSA) is 41.6 Å². The Morgan fingerprint density at radius 1 is 1.16 bits per heavy atom. The Morgan fingerprint density at radius 2 is 1.74 bits per heavy atom. The number of carbonyl (C=O) groups is 1. The van der Waals surface area contributed by atoms with E-state index in [4.69, 9.17) is 4.74 Å². The first-order chi connectivity index (χ1) is 8.93. The smallest absolute Gasteiger partial charge is 0.323 e. The van der Waals surface area contributed by atoms with Crippen LogP contribution in [0.3, 0.4) is 0 Å². The first-order valence-corrected chi connectivity index (χ1v) is 7.59. The molecule has 1 N–H and O–H groups in total. The fourth-order valence-corrected chi connectivity index (χ4v) is 2.32. The summed E-state index contributed by atoms with van der Waals surface area (Å²) in [4.78, 5) is 14.2. The van der Waals surface area contributed by atoms with Gasteiger partial charge < -0.3 is 10.1 Å². The molecule has 0 saturated carbocycles. The SMILES string of the molecule is CCCC(NCCN(C(C)C)C(C)C)C(=O)OCC. The van der Waals surface area contributed by atoms with Crippen molar-refractivity contribution in [2.45, 2.75) is 72.5 Å². The van der Waals surface area contributed by atoms with Crippen molar-refractivity contribution in [3.8, 4) is 0 Å². The number of esters is 1. The number of nitrogens with zero attached hydrogens (tertiary/aromatic N) is 1. The van der Waals surface area contributed by atoms with Gasteiger partial charge in [-0.2, -0.15) is 0 Å². The average molecular weight is 272 g/mol. The van der Waals surface area contributed by atoms with Crippen LogP contribution in [0.5, 0.6) is 0 Å². The van der Waals surface area contributed by atoms with Gasteiger partial charge in [-0.1, -0.05) is 13.3 Å². The lowest BCUT2D eigenvalue weighted by molar-refractivity contribution is -0.145. The molecule has 0 rings (SSSR count). The van der Waals surface area contributed by atoms with E-state index < -0.39 is 0 Å². The molecule has 0 aliphatic heterocycles. The minimum absolute atomic E-state index is 0.120. The monoisotopic (exact) mass is 272 g/mol. The van der Waals surface area contributed by atoms with E-state index in [1.165, 1.54) is 0 Å². The number of nitrogens with one attached hydrogen (secondary N) is 1. The summed E-state index contributed by atoms with van der Waals surface area (Å²) in [7, 11) is 0. The molecule has 4 nitrogen and oxygen atoms in total. The van der Waals surface area contributed by atoms with Gasteiger partial charge in [-0.3, -0.25) is 9.69 Å². The molecule has 0 amide bonds. The molecule has 0 fully saturated rings. The summed E-state index contributed by atoms with van der Waals surface area (Å²) in [5.41, 5.74) is 0. The van der Waals surface area contributed by atoms with Crippen molar-refractivity contribution < 1.29 is 9.53 Å². The van der Waals surface area contributed by atoms with Crippen molar-refractivity contribution in [2.24, 2.45) is 0 Å². The Bertz CT molecular complexity index is 234. The largest absolute Gasteiger partial charge is 0.465 e. The van der Waals surface area contributed by atoms with Crippen LogP contribution in [0, 0.1) is 0 Å². The van der Waals surface area contributed by atoms with Crippen LogP contribution in [-0.2, 0) is 9.53 Å². The molecular weight excluding hydrogens is 240 g/mol. The quantitative estimate of drug-likeness (QED) is 0.620. The van der Waals surface area contributed by atoms with Crippen molar-refractivity contribution >= 4 is 5.97 Å². The number of hydrogen-bond donors (Lipinski definition) is 1. The molecular formula is C15H32N2O2. The van der Waals surface area contributed by atoms with Crippen molar-refractivity contribution in [2.75, 3.05) is 19.7 Å². The van der Waals surface area contributed by atoms with Gasteiger partial charge in [0.05, 0.1) is 6.61 Å². The Morgan fingerprint density at radius 3 is 2.16 bits per heavy atom. The van der Waals surface area contributed by atoms with E-state index in [9.17, 15) is 4.79 Å². The summed E-state index contributed by atoms with van der Waals surface area (Å²) in [5.74, 6) is -0.120. The van der Waals surface area contributed by atoms with Gasteiger partial charge in [-0.15, -0.1) is 0 Å². The highest BCUT2D eigenvalue weighted by Crippen LogP contribution is 2.04. The highest BCUT2D eigenvalue weighted by molar-refractivity contribution is 5.75. The summed E-state index contributed by atoms with van der Waals surface area (Å²) < 4.78 is 5.09. The zero-order valence-electron chi connectivity index (χ0n) is 13.5. The second-order valence-corrected chi connectivity index (χ2v) is 5.47. The second kappa shape index (κ2) is 10.2. The lowest BCUT2D eigenvalue weighted by Crippen LogP contribution is -2.45. The lowest BCUT2D eigenvalue weighted by Gasteiger charge is -2.31. The molecule has 0 aromatic rings. The highest BCUT2D eigenvalue weighted by atomic mass is 16.5. The standard InChI is InChI=1S/C15H32N2O2/c1-7-9-14(15(18)19-8-2)16-10-11-17(12(3)4)13(5)6/h12-14,16H,7-11H2,1-6H3. The average Bonchev–Trinajstić information content (AvgIpc) is 2.32. The van der Waals surface area contributed by atoms with Crippen LogP contribution >= 0.6 is 0 Å². The van der Waals surface area contributed by atoms with Gasteiger partial charge in [-0.25, -0.2) is 0 Å². The third-order valence-corrected chi connectivity index (χ3v) is 3.24. The summed E-state index contributed by atoms with van der Waals surface area (Å²) in [5, 5.41) is 3.33. The predicted molar refractivity (Wildman–Crippen MR) is 80.3 cm³/mol. The molecule has 0 aliphatic carbocycles. The van der Waals surface area contributed by atoms with Gasteiger partial charge in [-0.05, 0) is 41.0 Å². The summed E-state index contributed by atoms with van der Waals surface area (Å²) in [6.07, 6.45) is 1.82. The normalized spacial score (nSPS) is 13.3. The van der Waals surface area contributed by atoms with E-state index in [-0.39, 0.29) is 12.0 Å². The van der Waals surface area contributed by atoms with Gasteiger partial charge in [0, 0.05) is 25.2 Å². The van der Waals surface area contributed by atoms with Crippen LogP contribution < -0.4 is 5.32 Å². The van der Waals surface area contributed by atoms with Gasteiger partial charge >= 0.3 is 5.97 Å². The Labute approximate surface area is 118 Å². The summed E-state index contributed by atoms with van der Waals surface area (Å²) in [6.45, 7) is 15.0. The zero-order chi connectivity index (χ0) is 14.8. The van der Waals surface area contributed by atoms with Crippen LogP contribution in [-0.4, -0.2) is 48.7 Å². The van der Waals surface area contributed by atoms with Crippen LogP contribution in [0.2, 0.25) is 0 Å². The molecule has 0 aliphatic rings. The molecule has 0 aromatic heterocycles. The maximum absolute atomic E-state index is 11.8. The van der Waals surface area contributed by atoms with E-state index in [2.05, 4.69) is 44.8 Å². The summed E-state index contributed by atoms with van der Waals surface area (Å²) >= 11 is 0. The maximum Gasteiger partial charge on any atom is 0.323 e. The molecule has 0 spiro atoms. The lowest BCUT2D eigenvalue weighted by atomic mass is 10.1. The Hall–Kier alpha value is -0.610. The van der Waals surface area contributed by atoms with Gasteiger partial charge in [0.1, 0.15) is 6.04 Å². The maximum atomic E-state index is 11.8. The molecule has 114 valence electrons. The van der Waals surface area contributed by atoms with E-state index in [1.807, 2.05) is 6.92 Å². The van der Waals surface area contributed by atoms with Crippen LogP contribution in [0.15, 0.2) is 0 Å². The fraction of sp³-hybridized carbons (Fsp3) is 0.933. The van der Waals surface area contributed by atoms with Crippen molar-refractivity contribution in [1.82, 2.24) is 10.2 Å². The molecule has 0 bridgehead atoms.